The van der Waals surface area contributed by atoms with E-state index >= 15 is 0 Å². The number of nitrogens with zero attached hydrogens (tertiary/aromatic N) is 2. The van der Waals surface area contributed by atoms with Crippen LogP contribution in [0.5, 0.6) is 0 Å². The van der Waals surface area contributed by atoms with E-state index in [0.29, 0.717) is 23.2 Å². The number of nitrogen functional groups attached to an aromatic ring is 1. The molecular weight excluding hydrogens is 414 g/mol. The number of aromatic nitrogens is 2. The van der Waals surface area contributed by atoms with E-state index in [9.17, 15) is 31.1 Å². The van der Waals surface area contributed by atoms with E-state index in [0.717, 1.165) is 12.3 Å². The van der Waals surface area contributed by atoms with Gasteiger partial charge in [-0.15, -0.1) is 0 Å². The quantitative estimate of drug-likeness (QED) is 0.700. The molecule has 152 valence electrons. The van der Waals surface area contributed by atoms with Crippen LogP contribution in [0.25, 0.3) is 0 Å². The van der Waals surface area contributed by atoms with E-state index in [1.807, 2.05) is 0 Å². The number of carbonyl (C=O) groups excluding carboxylic acids is 1. The maximum absolute atomic E-state index is 13.3. The smallest absolute Gasteiger partial charge is 0.396 e. The van der Waals surface area contributed by atoms with Gasteiger partial charge in [-0.25, -0.2) is 4.68 Å². The van der Waals surface area contributed by atoms with Gasteiger partial charge in [-0.2, -0.15) is 31.4 Å². The highest BCUT2D eigenvalue weighted by Crippen LogP contribution is 2.45. The Bertz CT molecular complexity index is 917. The highest BCUT2D eigenvalue weighted by molar-refractivity contribution is 6.33. The van der Waals surface area contributed by atoms with Gasteiger partial charge in [0.1, 0.15) is 5.54 Å². The Balaban J connectivity index is 1.94. The third-order valence-electron chi connectivity index (χ3n) is 4.62. The predicted molar refractivity (Wildman–Crippen MR) is 88.6 cm³/mol. The first-order valence-electron chi connectivity index (χ1n) is 7.95. The molecule has 1 saturated carbocycles. The van der Waals surface area contributed by atoms with E-state index in [2.05, 4.69) is 10.4 Å². The monoisotopic (exact) mass is 426 g/mol. The summed E-state index contributed by atoms with van der Waals surface area (Å²) in [6, 6.07) is 2.27. The SMILES string of the molecule is Nc1cnn(C2(C(=O)Nc3ccc(C(F)(F)F)cc3Cl)CCC2)c1C(F)(F)F. The van der Waals surface area contributed by atoms with Gasteiger partial charge in [0.25, 0.3) is 5.91 Å². The number of amides is 1. The minimum absolute atomic E-state index is 0.0568. The average Bonchev–Trinajstić information content (AvgIpc) is 2.89. The van der Waals surface area contributed by atoms with Gasteiger partial charge >= 0.3 is 12.4 Å². The molecule has 0 bridgehead atoms. The molecule has 0 saturated heterocycles. The third kappa shape index (κ3) is 3.38. The normalized spacial score (nSPS) is 16.5. The van der Waals surface area contributed by atoms with Crippen molar-refractivity contribution in [1.29, 1.82) is 0 Å². The number of carbonyl (C=O) groups is 1. The second-order valence-corrected chi connectivity index (χ2v) is 6.80. The van der Waals surface area contributed by atoms with Crippen molar-refractivity contribution in [3.63, 3.8) is 0 Å². The third-order valence-corrected chi connectivity index (χ3v) is 4.93. The molecule has 28 heavy (non-hydrogen) atoms. The fraction of sp³-hybridized carbons (Fsp3) is 0.375. The fourth-order valence-electron chi connectivity index (χ4n) is 3.05. The lowest BCUT2D eigenvalue weighted by atomic mass is 9.75. The van der Waals surface area contributed by atoms with Crippen molar-refractivity contribution in [3.05, 3.63) is 40.7 Å². The van der Waals surface area contributed by atoms with Crippen molar-refractivity contribution in [1.82, 2.24) is 9.78 Å². The Hall–Kier alpha value is -2.43. The molecule has 3 N–H and O–H groups in total. The van der Waals surface area contributed by atoms with Crippen LogP contribution in [0.4, 0.5) is 37.7 Å². The second kappa shape index (κ2) is 6.57. The van der Waals surface area contributed by atoms with Crippen LogP contribution in [0.1, 0.15) is 30.5 Å². The molecule has 0 atom stereocenters. The van der Waals surface area contributed by atoms with Crippen LogP contribution in [0, 0.1) is 0 Å². The average molecular weight is 427 g/mol. The Labute approximate surface area is 159 Å². The van der Waals surface area contributed by atoms with Gasteiger partial charge in [0, 0.05) is 0 Å². The predicted octanol–water partition coefficient (Wildman–Crippen LogP) is 4.67. The summed E-state index contributed by atoms with van der Waals surface area (Å²) in [7, 11) is 0. The maximum Gasteiger partial charge on any atom is 0.435 e. The van der Waals surface area contributed by atoms with Crippen molar-refractivity contribution >= 4 is 28.9 Å². The molecule has 1 aromatic carbocycles. The number of nitrogens with one attached hydrogen (secondary N) is 1. The summed E-state index contributed by atoms with van der Waals surface area (Å²) < 4.78 is 78.7. The highest BCUT2D eigenvalue weighted by Gasteiger charge is 2.52. The number of halogens is 7. The molecule has 1 heterocycles. The molecule has 0 spiro atoms. The zero-order valence-electron chi connectivity index (χ0n) is 14.0. The summed E-state index contributed by atoms with van der Waals surface area (Å²) in [6.07, 6.45) is -8.08. The number of benzene rings is 1. The lowest BCUT2D eigenvalue weighted by Gasteiger charge is -2.41. The van der Waals surface area contributed by atoms with Gasteiger partial charge in [0.15, 0.2) is 5.69 Å². The summed E-state index contributed by atoms with van der Waals surface area (Å²) in [5.41, 5.74) is 0.668. The zero-order valence-corrected chi connectivity index (χ0v) is 14.7. The van der Waals surface area contributed by atoms with Gasteiger partial charge in [-0.1, -0.05) is 11.6 Å². The van der Waals surface area contributed by atoms with Crippen molar-refractivity contribution in [3.8, 4) is 0 Å². The molecule has 1 aliphatic carbocycles. The van der Waals surface area contributed by atoms with Crippen LogP contribution in [0.3, 0.4) is 0 Å². The Kier molecular flexibility index (Phi) is 4.77. The molecule has 1 aliphatic rings. The van der Waals surface area contributed by atoms with Gasteiger partial charge < -0.3 is 11.1 Å². The lowest BCUT2D eigenvalue weighted by Crippen LogP contribution is -2.52. The van der Waals surface area contributed by atoms with Crippen molar-refractivity contribution in [2.75, 3.05) is 11.1 Å². The number of nitrogens with two attached hydrogens (primary N) is 1. The van der Waals surface area contributed by atoms with Crippen LogP contribution in [0.2, 0.25) is 5.02 Å². The number of rotatable bonds is 3. The van der Waals surface area contributed by atoms with Gasteiger partial charge in [0.2, 0.25) is 0 Å². The topological polar surface area (TPSA) is 72.9 Å². The van der Waals surface area contributed by atoms with E-state index in [1.165, 1.54) is 0 Å². The Morgan fingerprint density at radius 3 is 2.29 bits per heavy atom. The lowest BCUT2D eigenvalue weighted by molar-refractivity contribution is -0.150. The number of anilines is 2. The van der Waals surface area contributed by atoms with Crippen LogP contribution in [-0.2, 0) is 22.7 Å². The Morgan fingerprint density at radius 2 is 1.82 bits per heavy atom. The molecule has 2 aromatic rings. The summed E-state index contributed by atoms with van der Waals surface area (Å²) in [4.78, 5) is 12.8. The first kappa shape index (κ1) is 20.3. The highest BCUT2D eigenvalue weighted by atomic mass is 35.5. The Morgan fingerprint density at radius 1 is 1.18 bits per heavy atom. The van der Waals surface area contributed by atoms with Gasteiger partial charge in [-0.3, -0.25) is 4.79 Å². The van der Waals surface area contributed by atoms with E-state index in [1.54, 1.807) is 0 Å². The first-order valence-corrected chi connectivity index (χ1v) is 8.33. The van der Waals surface area contributed by atoms with Crippen LogP contribution >= 0.6 is 11.6 Å². The summed E-state index contributed by atoms with van der Waals surface area (Å²) >= 11 is 5.81. The van der Waals surface area contributed by atoms with E-state index < -0.39 is 45.8 Å². The van der Waals surface area contributed by atoms with Gasteiger partial charge in [-0.05, 0) is 37.5 Å². The van der Waals surface area contributed by atoms with Crippen LogP contribution in [-0.4, -0.2) is 15.7 Å². The van der Waals surface area contributed by atoms with Gasteiger partial charge in [0.05, 0.1) is 28.2 Å². The van der Waals surface area contributed by atoms with Crippen LogP contribution in [0.15, 0.2) is 24.4 Å². The number of hydrogen-bond acceptors (Lipinski definition) is 3. The van der Waals surface area contributed by atoms with Crippen molar-refractivity contribution in [2.45, 2.75) is 37.2 Å². The zero-order chi connectivity index (χ0) is 20.9. The summed E-state index contributed by atoms with van der Waals surface area (Å²) in [5, 5.41) is 5.55. The summed E-state index contributed by atoms with van der Waals surface area (Å²) in [6.45, 7) is 0. The molecule has 0 radical (unpaired) electrons. The minimum atomic E-state index is -4.84. The molecule has 0 aliphatic heterocycles. The molecule has 1 aromatic heterocycles. The van der Waals surface area contributed by atoms with Crippen molar-refractivity contribution in [2.24, 2.45) is 0 Å². The number of hydrogen-bond donors (Lipinski definition) is 2. The summed E-state index contributed by atoms with van der Waals surface area (Å²) in [5.74, 6) is -0.867. The molecule has 0 unspecified atom stereocenters. The molecule has 1 amide bonds. The molecule has 1 fully saturated rings. The minimum Gasteiger partial charge on any atom is -0.396 e. The molecular formula is C16H13ClF6N4O. The molecule has 3 rings (SSSR count). The molecule has 12 heteroatoms. The fourth-order valence-corrected chi connectivity index (χ4v) is 3.28. The largest absolute Gasteiger partial charge is 0.435 e. The number of alkyl halides is 6. The standard InChI is InChI=1S/C16H13ClF6N4O/c17-9-6-8(15(18,19)20)2-3-11(9)26-13(28)14(4-1-5-14)27-12(16(21,22)23)10(24)7-25-27/h2-3,6-7H,1,4-5,24H2,(H,26,28). The second-order valence-electron chi connectivity index (χ2n) is 6.39. The molecule has 5 nitrogen and oxygen atoms in total. The van der Waals surface area contributed by atoms with E-state index in [4.69, 9.17) is 17.3 Å². The maximum atomic E-state index is 13.3. The van der Waals surface area contributed by atoms with Crippen LogP contribution < -0.4 is 11.1 Å². The van der Waals surface area contributed by atoms with Crippen molar-refractivity contribution < 1.29 is 31.1 Å². The first-order chi connectivity index (χ1) is 12.9. The van der Waals surface area contributed by atoms with E-state index in [-0.39, 0.29) is 18.5 Å².